The lowest BCUT2D eigenvalue weighted by Crippen LogP contribution is -2.57. The number of carbonyl (C=O) groups excluding carboxylic acids is 5. The summed E-state index contributed by atoms with van der Waals surface area (Å²) in [5.74, 6) is -2.49. The number of carbonyl (C=O) groups is 5. The number of fused-ring (bicyclic) bond motifs is 1. The molecule has 59 heavy (non-hydrogen) atoms. The number of Topliss-reactive ketones (excluding diaryl/α,β-unsaturated/α-hetero) is 2. The minimum absolute atomic E-state index is 0.0280. The Kier molecular flexibility index (Phi) is 11.8. The van der Waals surface area contributed by atoms with Gasteiger partial charge in [0.15, 0.2) is 11.6 Å². The molecule has 7 fully saturated rings. The van der Waals surface area contributed by atoms with Gasteiger partial charge in [-0.05, 0) is 105 Å². The van der Waals surface area contributed by atoms with Crippen LogP contribution in [-0.4, -0.2) is 103 Å². The number of amides is 3. The number of nitrogens with one attached hydrogen (secondary N) is 2. The summed E-state index contributed by atoms with van der Waals surface area (Å²) < 4.78 is 30.1. The first-order chi connectivity index (χ1) is 27.6. The third kappa shape index (κ3) is 7.36. The van der Waals surface area contributed by atoms with Gasteiger partial charge in [0.1, 0.15) is 0 Å². The van der Waals surface area contributed by atoms with Crippen molar-refractivity contribution in [2.75, 3.05) is 32.7 Å². The summed E-state index contributed by atoms with van der Waals surface area (Å²) in [6.07, 6.45) is 13.2. The average Bonchev–Trinajstić information content (AvgIpc) is 3.57. The number of allylic oxidation sites excluding steroid dienone is 1. The van der Waals surface area contributed by atoms with Crippen LogP contribution in [0.1, 0.15) is 151 Å². The van der Waals surface area contributed by atoms with Gasteiger partial charge in [0.2, 0.25) is 17.7 Å². The topological polar surface area (TPSA) is 153 Å². The Morgan fingerprint density at radius 3 is 2.05 bits per heavy atom. The van der Waals surface area contributed by atoms with Crippen molar-refractivity contribution < 1.29 is 32.4 Å². The molecule has 0 aromatic rings. The van der Waals surface area contributed by atoms with E-state index in [1.165, 1.54) is 4.31 Å². The fourth-order valence-corrected chi connectivity index (χ4v) is 14.6. The molecule has 2 N–H and O–H groups in total. The summed E-state index contributed by atoms with van der Waals surface area (Å²) in [6.45, 7) is 21.3. The number of likely N-dealkylation sites (tertiary alicyclic amines) is 2. The number of hydrogen-bond donors (Lipinski definition) is 2. The van der Waals surface area contributed by atoms with Crippen LogP contribution in [-0.2, 0) is 34.2 Å². The predicted molar refractivity (Wildman–Crippen MR) is 227 cm³/mol. The zero-order chi connectivity index (χ0) is 43.0. The highest BCUT2D eigenvalue weighted by Crippen LogP contribution is 2.88. The lowest BCUT2D eigenvalue weighted by molar-refractivity contribution is -0.147. The summed E-state index contributed by atoms with van der Waals surface area (Å²) in [7, 11) is -4.06. The maximum atomic E-state index is 15.4. The van der Waals surface area contributed by atoms with Crippen LogP contribution in [0.25, 0.3) is 0 Å². The van der Waals surface area contributed by atoms with Gasteiger partial charge in [-0.1, -0.05) is 80.2 Å². The fourth-order valence-electron chi connectivity index (χ4n) is 13.3. The molecule has 7 atom stereocenters. The summed E-state index contributed by atoms with van der Waals surface area (Å²) in [5, 5.41) is 3.27. The number of rotatable bonds is 15. The first-order valence-electron chi connectivity index (χ1n) is 23.0. The van der Waals surface area contributed by atoms with E-state index in [0.29, 0.717) is 32.5 Å². The van der Waals surface area contributed by atoms with Crippen LogP contribution < -0.4 is 10.0 Å². The molecule has 0 unspecified atom stereocenters. The maximum Gasteiger partial charge on any atom is 0.303 e. The molecule has 7 rings (SSSR count). The largest absolute Gasteiger partial charge is 0.344 e. The van der Waals surface area contributed by atoms with E-state index in [-0.39, 0.29) is 64.4 Å². The van der Waals surface area contributed by atoms with Crippen LogP contribution in [0.15, 0.2) is 12.7 Å². The number of ketones is 2. The van der Waals surface area contributed by atoms with Crippen molar-refractivity contribution in [3.05, 3.63) is 12.7 Å². The van der Waals surface area contributed by atoms with Crippen LogP contribution in [0.4, 0.5) is 0 Å². The Balaban J connectivity index is 1.17. The number of likely N-dealkylation sites (N-methyl/N-ethyl adjacent to an activating group) is 1. The van der Waals surface area contributed by atoms with Crippen molar-refractivity contribution in [1.82, 2.24) is 24.1 Å². The highest BCUT2D eigenvalue weighted by molar-refractivity contribution is 7.87. The summed E-state index contributed by atoms with van der Waals surface area (Å²) in [6, 6.07) is -1.80. The van der Waals surface area contributed by atoms with Crippen LogP contribution in [0.3, 0.4) is 0 Å². The second kappa shape index (κ2) is 15.6. The van der Waals surface area contributed by atoms with Crippen LogP contribution in [0, 0.1) is 44.3 Å². The molecular weight excluding hydrogens is 767 g/mol. The van der Waals surface area contributed by atoms with Crippen LogP contribution >= 0.6 is 0 Å². The molecule has 3 saturated heterocycles. The van der Waals surface area contributed by atoms with Crippen molar-refractivity contribution >= 4 is 39.5 Å². The van der Waals surface area contributed by atoms with E-state index in [4.69, 9.17) is 0 Å². The second-order valence-corrected chi connectivity index (χ2v) is 23.4. The van der Waals surface area contributed by atoms with Crippen molar-refractivity contribution in [2.45, 2.75) is 169 Å². The SMILES string of the molecule is C=C[C@@H]1C[C@]1(CC(=O)[C@@H]1C[C@@]2(CN1C(=O)[C@@H](CC(=O)[C@@H](NC(=O)[C@@H]1CCCN1CC)C1(C)CCCCC1)C(C)(C)C)C(C)(C)C21CCC1)C(=O)NS(=O)(=O)N1CCCC1. The summed E-state index contributed by atoms with van der Waals surface area (Å²) >= 11 is 0. The summed E-state index contributed by atoms with van der Waals surface area (Å²) in [5.41, 5.74) is -2.67. The third-order valence-corrected chi connectivity index (χ3v) is 19.1. The Morgan fingerprint density at radius 1 is 0.847 bits per heavy atom. The molecule has 0 radical (unpaired) electrons. The maximum absolute atomic E-state index is 15.4. The standard InChI is InChI=1S/C46H73N5O7S/c1-9-31-27-44(31,40(56)48-59(57,58)50-24-14-15-25-50)29-36(53)34-28-46(42(6,7)45(46)21-17-22-45)30-51(34)39(55)32(41(3,4)5)26-35(52)37(43(8)19-12-11-13-20-43)47-38(54)33-18-16-23-49(33)10-2/h9,31-34,37H,1,10-30H2,2-8H3,(H,47,54)(H,48,56)/t31-,32-,33+,34+,37-,44-,46-/m1/s1. The average molecular weight is 840 g/mol. The molecule has 7 aliphatic rings. The number of nitrogens with zero attached hydrogens (tertiary/aromatic N) is 3. The molecule has 3 heterocycles. The normalized spacial score (nSPS) is 33.3. The molecule has 13 heteroatoms. The van der Waals surface area contributed by atoms with Crippen molar-refractivity contribution in [3.63, 3.8) is 0 Å². The molecule has 3 amide bonds. The second-order valence-electron chi connectivity index (χ2n) is 21.7. The molecule has 0 aromatic heterocycles. The molecule has 4 saturated carbocycles. The van der Waals surface area contributed by atoms with E-state index in [0.717, 1.165) is 90.1 Å². The van der Waals surface area contributed by atoms with E-state index < -0.39 is 50.4 Å². The van der Waals surface area contributed by atoms with Gasteiger partial charge in [0.05, 0.1) is 23.5 Å². The van der Waals surface area contributed by atoms with E-state index in [9.17, 15) is 27.6 Å². The molecule has 12 nitrogen and oxygen atoms in total. The van der Waals surface area contributed by atoms with E-state index in [1.807, 2.05) is 20.8 Å². The lowest BCUT2D eigenvalue weighted by Gasteiger charge is -2.42. The van der Waals surface area contributed by atoms with Gasteiger partial charge < -0.3 is 10.2 Å². The Hall–Kier alpha value is -2.64. The highest BCUT2D eigenvalue weighted by atomic mass is 32.2. The zero-order valence-corrected chi connectivity index (χ0v) is 37.9. The van der Waals surface area contributed by atoms with Crippen molar-refractivity contribution in [1.29, 1.82) is 0 Å². The van der Waals surface area contributed by atoms with Gasteiger partial charge in [0, 0.05) is 43.8 Å². The van der Waals surface area contributed by atoms with E-state index >= 15 is 4.79 Å². The molecule has 2 spiro atoms. The fraction of sp³-hybridized carbons (Fsp3) is 0.848. The Bertz CT molecular complexity index is 1820. The van der Waals surface area contributed by atoms with Crippen LogP contribution in [0.5, 0.6) is 0 Å². The van der Waals surface area contributed by atoms with Gasteiger partial charge >= 0.3 is 10.2 Å². The van der Waals surface area contributed by atoms with Gasteiger partial charge in [-0.2, -0.15) is 12.7 Å². The molecule has 3 aliphatic heterocycles. The third-order valence-electron chi connectivity index (χ3n) is 17.6. The van der Waals surface area contributed by atoms with Crippen molar-refractivity contribution in [2.24, 2.45) is 44.3 Å². The zero-order valence-electron chi connectivity index (χ0n) is 37.1. The summed E-state index contributed by atoms with van der Waals surface area (Å²) in [4.78, 5) is 77.1. The Morgan fingerprint density at radius 2 is 1.51 bits per heavy atom. The van der Waals surface area contributed by atoms with E-state index in [1.54, 1.807) is 11.0 Å². The van der Waals surface area contributed by atoms with Gasteiger partial charge in [0.25, 0.3) is 0 Å². The highest BCUT2D eigenvalue weighted by Gasteiger charge is 2.85. The van der Waals surface area contributed by atoms with Gasteiger partial charge in [-0.15, -0.1) is 6.58 Å². The molecule has 4 aliphatic carbocycles. The molecule has 0 aromatic carbocycles. The van der Waals surface area contributed by atoms with Gasteiger partial charge in [-0.3, -0.25) is 28.9 Å². The minimum Gasteiger partial charge on any atom is -0.344 e. The number of hydrogen-bond acceptors (Lipinski definition) is 8. The predicted octanol–water partition coefficient (Wildman–Crippen LogP) is 5.95. The monoisotopic (exact) mass is 840 g/mol. The van der Waals surface area contributed by atoms with Crippen molar-refractivity contribution in [3.8, 4) is 0 Å². The van der Waals surface area contributed by atoms with E-state index in [2.05, 4.69) is 49.2 Å². The first kappa shape index (κ1) is 44.4. The Labute approximate surface area is 354 Å². The quantitative estimate of drug-likeness (QED) is 0.192. The lowest BCUT2D eigenvalue weighted by atomic mass is 9.67. The molecule has 0 bridgehead atoms. The molecule has 330 valence electrons. The smallest absolute Gasteiger partial charge is 0.303 e. The molecular formula is C46H73N5O7S. The van der Waals surface area contributed by atoms with Gasteiger partial charge in [-0.25, -0.2) is 4.72 Å². The minimum atomic E-state index is -4.06. The van der Waals surface area contributed by atoms with Crippen LogP contribution in [0.2, 0.25) is 0 Å². The first-order valence-corrected chi connectivity index (χ1v) is 24.4.